The minimum Gasteiger partial charge on any atom is -0.370 e. The normalized spacial score (nSPS) is 17.7. The topological polar surface area (TPSA) is 49.2 Å². The largest absolute Gasteiger partial charge is 0.370 e. The quantitative estimate of drug-likeness (QED) is 0.656. The predicted octanol–water partition coefficient (Wildman–Crippen LogP) is 4.37. The van der Waals surface area contributed by atoms with Gasteiger partial charge >= 0.3 is 0 Å². The molecule has 5 rings (SSSR count). The number of rotatable bonds is 5. The molecule has 31 heavy (non-hydrogen) atoms. The third-order valence-corrected chi connectivity index (χ3v) is 6.15. The molecule has 0 atom stereocenters. The third kappa shape index (κ3) is 3.87. The lowest BCUT2D eigenvalue weighted by molar-refractivity contribution is -0.0411. The molecule has 0 amide bonds. The highest BCUT2D eigenvalue weighted by Gasteiger charge is 2.52. The summed E-state index contributed by atoms with van der Waals surface area (Å²) in [4.78, 5) is 9.17. The minimum atomic E-state index is -0.654. The van der Waals surface area contributed by atoms with E-state index in [1.807, 2.05) is 6.07 Å². The first-order valence-electron chi connectivity index (χ1n) is 10.5. The summed E-state index contributed by atoms with van der Waals surface area (Å²) >= 11 is 0. The number of halogens is 2. The first-order chi connectivity index (χ1) is 14.8. The van der Waals surface area contributed by atoms with Gasteiger partial charge in [0.1, 0.15) is 18.0 Å². The van der Waals surface area contributed by atoms with Gasteiger partial charge in [0, 0.05) is 56.5 Å². The van der Waals surface area contributed by atoms with Crippen molar-refractivity contribution in [3.8, 4) is 5.69 Å². The van der Waals surface area contributed by atoms with Crippen LogP contribution in [0.15, 0.2) is 42.7 Å². The van der Waals surface area contributed by atoms with Crippen LogP contribution >= 0.6 is 0 Å². The Labute approximate surface area is 182 Å². The van der Waals surface area contributed by atoms with Gasteiger partial charge in [0.15, 0.2) is 0 Å². The summed E-state index contributed by atoms with van der Waals surface area (Å²) < 4.78 is 28.3. The molecule has 0 bridgehead atoms. The maximum absolute atomic E-state index is 13.5. The van der Waals surface area contributed by atoms with Gasteiger partial charge in [-0.2, -0.15) is 4.98 Å². The third-order valence-electron chi connectivity index (χ3n) is 6.15. The van der Waals surface area contributed by atoms with Crippen molar-refractivity contribution in [3.05, 3.63) is 59.9 Å². The molecule has 164 valence electrons. The van der Waals surface area contributed by atoms with Crippen molar-refractivity contribution < 1.29 is 10.2 Å². The molecule has 2 fully saturated rings. The molecule has 1 aromatic heterocycles. The number of nitrogens with one attached hydrogen (secondary N) is 1. The second kappa shape index (κ2) is 7.30. The number of nitrogens with zero attached hydrogens (tertiary/aromatic N) is 5. The number of hydrogen-bond acceptors (Lipinski definition) is 5. The van der Waals surface area contributed by atoms with E-state index in [-0.39, 0.29) is 7.11 Å². The number of benzene rings is 2. The number of aryl methyl sites for hydroxylation is 1. The van der Waals surface area contributed by atoms with Crippen LogP contribution in [0.2, 0.25) is 0 Å². The zero-order chi connectivity index (χ0) is 21.8. The van der Waals surface area contributed by atoms with Crippen LogP contribution in [0.3, 0.4) is 0 Å². The van der Waals surface area contributed by atoms with E-state index < -0.39 is 11.6 Å². The van der Waals surface area contributed by atoms with Gasteiger partial charge in [-0.05, 0) is 56.7 Å². The molecule has 3 heterocycles. The lowest BCUT2D eigenvalue weighted by Crippen LogP contribution is -2.73. The smallest absolute Gasteiger partial charge is 0.246 e. The fourth-order valence-electron chi connectivity index (χ4n) is 4.59. The van der Waals surface area contributed by atoms with Gasteiger partial charge < -0.3 is 10.2 Å². The summed E-state index contributed by atoms with van der Waals surface area (Å²) in [5.41, 5.74) is 3.94. The Kier molecular flexibility index (Phi) is 4.69. The van der Waals surface area contributed by atoms with E-state index in [2.05, 4.69) is 58.1 Å². The van der Waals surface area contributed by atoms with Crippen molar-refractivity contribution >= 4 is 17.3 Å². The Morgan fingerprint density at radius 2 is 1.68 bits per heavy atom. The fraction of sp³-hybridized carbons (Fsp3) is 0.391. The Balaban J connectivity index is 0.00000245. The summed E-state index contributed by atoms with van der Waals surface area (Å²) in [6.45, 7) is 11.1. The fourth-order valence-corrected chi connectivity index (χ4v) is 4.59. The Morgan fingerprint density at radius 3 is 2.35 bits per heavy atom. The van der Waals surface area contributed by atoms with Crippen molar-refractivity contribution in [2.45, 2.75) is 26.8 Å². The van der Waals surface area contributed by atoms with Gasteiger partial charge in [0.05, 0.1) is 5.69 Å². The molecule has 1 spiro atoms. The molecule has 0 unspecified atom stereocenters. The van der Waals surface area contributed by atoms with Crippen LogP contribution in [0.5, 0.6) is 0 Å². The van der Waals surface area contributed by atoms with Crippen LogP contribution in [0.4, 0.5) is 26.1 Å². The maximum Gasteiger partial charge on any atom is 0.246 e. The van der Waals surface area contributed by atoms with Gasteiger partial charge in [-0.25, -0.2) is 13.5 Å². The summed E-state index contributed by atoms with van der Waals surface area (Å²) in [5.74, 6) is -0.940. The first kappa shape index (κ1) is 19.9. The monoisotopic (exact) mass is 426 g/mol. The Bertz CT molecular complexity index is 1100. The van der Waals surface area contributed by atoms with Crippen LogP contribution in [0.25, 0.3) is 5.69 Å². The number of anilines is 3. The maximum atomic E-state index is 13.5. The molecule has 3 aromatic rings. The van der Waals surface area contributed by atoms with Crippen LogP contribution < -0.4 is 10.2 Å². The highest BCUT2D eigenvalue weighted by molar-refractivity contribution is 5.65. The molecule has 1 N–H and O–H groups in total. The van der Waals surface area contributed by atoms with Crippen molar-refractivity contribution in [2.24, 2.45) is 5.41 Å². The van der Waals surface area contributed by atoms with E-state index in [0.717, 1.165) is 30.4 Å². The van der Waals surface area contributed by atoms with Crippen molar-refractivity contribution in [2.75, 3.05) is 36.4 Å². The van der Waals surface area contributed by atoms with Crippen LogP contribution in [-0.4, -0.2) is 51.9 Å². The van der Waals surface area contributed by atoms with Gasteiger partial charge in [-0.15, -0.1) is 5.10 Å². The molecular formula is C23H28F2N6. The molecule has 0 aliphatic carbocycles. The Hall–Kier alpha value is -3.00. The summed E-state index contributed by atoms with van der Waals surface area (Å²) in [5, 5.41) is 7.52. The summed E-state index contributed by atoms with van der Waals surface area (Å²) in [7, 11) is 0. The van der Waals surface area contributed by atoms with E-state index in [1.165, 1.54) is 41.9 Å². The Morgan fingerprint density at radius 1 is 0.968 bits per heavy atom. The number of hydrogen-bond donors (Lipinski definition) is 1. The summed E-state index contributed by atoms with van der Waals surface area (Å²) in [6, 6.07) is 10.2. The SMILES string of the molecule is Cc1cc(Nc2ncn(-c3cc(F)cc(F)c3)n2)cc(N2CC3(C2)CN(C(C)C)C3)c1.[HH]. The second-order valence-corrected chi connectivity index (χ2v) is 9.18. The highest BCUT2D eigenvalue weighted by Crippen LogP contribution is 2.43. The van der Waals surface area contributed by atoms with Crippen molar-refractivity contribution in [1.82, 2.24) is 19.7 Å². The molecule has 2 aliphatic heterocycles. The zero-order valence-electron chi connectivity index (χ0n) is 17.9. The minimum absolute atomic E-state index is 0. The highest BCUT2D eigenvalue weighted by atomic mass is 19.1. The molecule has 2 saturated heterocycles. The van der Waals surface area contributed by atoms with Crippen LogP contribution in [-0.2, 0) is 0 Å². The molecule has 6 nitrogen and oxygen atoms in total. The first-order valence-corrected chi connectivity index (χ1v) is 10.5. The van der Waals surface area contributed by atoms with E-state index >= 15 is 0 Å². The molecule has 2 aromatic carbocycles. The van der Waals surface area contributed by atoms with Crippen molar-refractivity contribution in [3.63, 3.8) is 0 Å². The van der Waals surface area contributed by atoms with Gasteiger partial charge in [0.25, 0.3) is 0 Å². The molecule has 0 radical (unpaired) electrons. The van der Waals surface area contributed by atoms with E-state index in [4.69, 9.17) is 0 Å². The summed E-state index contributed by atoms with van der Waals surface area (Å²) in [6.07, 6.45) is 1.43. The zero-order valence-corrected chi connectivity index (χ0v) is 17.9. The lowest BCUT2D eigenvalue weighted by Gasteiger charge is -2.62. The molecular weight excluding hydrogens is 398 g/mol. The standard InChI is InChI=1S/C23H26F2N6.H2/c1-15(2)29-10-23(11-29)12-30(13-23)20-5-16(3)4-19(9-20)27-22-26-14-31(28-22)21-7-17(24)6-18(25)8-21;/h4-9,14-15H,10-13H2,1-3H3,(H,27,28);1H. The second-order valence-electron chi connectivity index (χ2n) is 9.18. The van der Waals surface area contributed by atoms with Crippen LogP contribution in [0.1, 0.15) is 20.8 Å². The number of aromatic nitrogens is 3. The average molecular weight is 427 g/mol. The number of likely N-dealkylation sites (tertiary alicyclic amines) is 1. The van der Waals surface area contributed by atoms with Crippen molar-refractivity contribution in [1.29, 1.82) is 0 Å². The van der Waals surface area contributed by atoms with E-state index in [9.17, 15) is 8.78 Å². The van der Waals surface area contributed by atoms with Gasteiger partial charge in [-0.1, -0.05) is 0 Å². The molecule has 2 aliphatic rings. The predicted molar refractivity (Wildman–Crippen MR) is 119 cm³/mol. The average Bonchev–Trinajstić information content (AvgIpc) is 3.06. The van der Waals surface area contributed by atoms with E-state index in [1.54, 1.807) is 0 Å². The van der Waals surface area contributed by atoms with Gasteiger partial charge in [-0.3, -0.25) is 4.90 Å². The van der Waals surface area contributed by atoms with Gasteiger partial charge in [0.2, 0.25) is 5.95 Å². The van der Waals surface area contributed by atoms with E-state index in [0.29, 0.717) is 17.4 Å². The lowest BCUT2D eigenvalue weighted by atomic mass is 9.72. The molecule has 8 heteroatoms. The van der Waals surface area contributed by atoms with Crippen LogP contribution in [0, 0.1) is 24.0 Å². The molecule has 0 saturated carbocycles.